The van der Waals surface area contributed by atoms with E-state index >= 15 is 0 Å². The molecule has 0 saturated heterocycles. The summed E-state index contributed by atoms with van der Waals surface area (Å²) in [6.07, 6.45) is 2.29. The maximum Gasteiger partial charge on any atom is 0.157 e. The topological polar surface area (TPSA) is 24.4 Å². The molecule has 0 saturated carbocycles. The Kier molecular flexibility index (Phi) is 3.65. The molecular formula is C10H20N2S. The summed E-state index contributed by atoms with van der Waals surface area (Å²) in [7, 11) is 0. The highest BCUT2D eigenvalue weighted by Crippen LogP contribution is 2.21. The minimum atomic E-state index is 0.189. The van der Waals surface area contributed by atoms with E-state index in [9.17, 15) is 0 Å². The first-order valence-corrected chi connectivity index (χ1v) is 6.04. The Morgan fingerprint density at radius 3 is 2.69 bits per heavy atom. The third kappa shape index (κ3) is 3.22. The van der Waals surface area contributed by atoms with Crippen molar-refractivity contribution in [1.29, 1.82) is 0 Å². The Hall–Kier alpha value is -0.180. The van der Waals surface area contributed by atoms with Gasteiger partial charge in [0.25, 0.3) is 0 Å². The summed E-state index contributed by atoms with van der Waals surface area (Å²) in [5.41, 5.74) is 0.189. The first-order chi connectivity index (χ1) is 6.07. The van der Waals surface area contributed by atoms with Crippen LogP contribution in [0.5, 0.6) is 0 Å². The number of hydrogen-bond acceptors (Lipinski definition) is 3. The smallest absolute Gasteiger partial charge is 0.157 e. The Bertz CT molecular complexity index is 199. The van der Waals surface area contributed by atoms with E-state index in [-0.39, 0.29) is 5.54 Å². The fourth-order valence-corrected chi connectivity index (χ4v) is 2.30. The van der Waals surface area contributed by atoms with Crippen LogP contribution in [0, 0.1) is 0 Å². The number of nitrogens with zero attached hydrogens (tertiary/aromatic N) is 1. The normalized spacial score (nSPS) is 23.1. The lowest BCUT2D eigenvalue weighted by molar-refractivity contribution is 0.447. The Morgan fingerprint density at radius 1 is 1.54 bits per heavy atom. The van der Waals surface area contributed by atoms with E-state index in [0.717, 1.165) is 23.8 Å². The third-order valence-corrected chi connectivity index (χ3v) is 3.55. The zero-order chi connectivity index (χ0) is 9.90. The molecule has 0 amide bonds. The van der Waals surface area contributed by atoms with Crippen LogP contribution in [-0.2, 0) is 0 Å². The highest BCUT2D eigenvalue weighted by molar-refractivity contribution is 8.14. The minimum absolute atomic E-state index is 0.189. The fraction of sp³-hybridized carbons (Fsp3) is 0.900. The lowest BCUT2D eigenvalue weighted by atomic mass is 10.0. The molecule has 0 fully saturated rings. The summed E-state index contributed by atoms with van der Waals surface area (Å²) in [6, 6.07) is 0.542. The van der Waals surface area contributed by atoms with Gasteiger partial charge in [0.15, 0.2) is 5.17 Å². The molecule has 1 atom stereocenters. The van der Waals surface area contributed by atoms with E-state index in [1.807, 2.05) is 11.8 Å². The molecule has 0 aromatic heterocycles. The van der Waals surface area contributed by atoms with Gasteiger partial charge in [-0.3, -0.25) is 4.99 Å². The van der Waals surface area contributed by atoms with Crippen LogP contribution in [0.3, 0.4) is 0 Å². The number of rotatable bonds is 3. The van der Waals surface area contributed by atoms with Gasteiger partial charge in [-0.25, -0.2) is 0 Å². The van der Waals surface area contributed by atoms with Crippen molar-refractivity contribution in [1.82, 2.24) is 5.32 Å². The monoisotopic (exact) mass is 200 g/mol. The fourth-order valence-electron chi connectivity index (χ4n) is 1.07. The molecule has 1 aliphatic rings. The molecular weight excluding hydrogens is 180 g/mol. The molecule has 1 heterocycles. The predicted molar refractivity (Wildman–Crippen MR) is 61.5 cm³/mol. The Labute approximate surface area is 85.6 Å². The minimum Gasteiger partial charge on any atom is -0.360 e. The van der Waals surface area contributed by atoms with Crippen molar-refractivity contribution < 1.29 is 0 Å². The summed E-state index contributed by atoms with van der Waals surface area (Å²) in [5, 5.41) is 4.62. The van der Waals surface area contributed by atoms with E-state index in [1.54, 1.807) is 0 Å². The van der Waals surface area contributed by atoms with Gasteiger partial charge in [-0.2, -0.15) is 0 Å². The van der Waals surface area contributed by atoms with Crippen LogP contribution in [0.4, 0.5) is 0 Å². The number of nitrogens with one attached hydrogen (secondary N) is 1. The van der Waals surface area contributed by atoms with Crippen molar-refractivity contribution in [2.75, 3.05) is 5.75 Å². The zero-order valence-electron chi connectivity index (χ0n) is 9.05. The van der Waals surface area contributed by atoms with Gasteiger partial charge in [0.2, 0.25) is 0 Å². The van der Waals surface area contributed by atoms with Crippen LogP contribution in [0.15, 0.2) is 4.99 Å². The van der Waals surface area contributed by atoms with Crippen LogP contribution >= 0.6 is 11.8 Å². The van der Waals surface area contributed by atoms with Crippen LogP contribution in [0.1, 0.15) is 40.5 Å². The molecule has 0 bridgehead atoms. The standard InChI is InChI=1S/C10H20N2S/c1-5-8-7-13-9(11-8)12-10(3,4)6-2/h8H,5-7H2,1-4H3,(H,11,12). The molecule has 0 spiro atoms. The SMILES string of the molecule is CCC1CSC(NC(C)(C)CC)=N1. The molecule has 1 N–H and O–H groups in total. The molecule has 76 valence electrons. The van der Waals surface area contributed by atoms with Gasteiger partial charge < -0.3 is 5.32 Å². The van der Waals surface area contributed by atoms with E-state index in [1.165, 1.54) is 0 Å². The van der Waals surface area contributed by atoms with Crippen molar-refractivity contribution in [2.45, 2.75) is 52.1 Å². The molecule has 0 aromatic rings. The number of aliphatic imine (C=N–C) groups is 1. The summed E-state index contributed by atoms with van der Waals surface area (Å²) in [4.78, 5) is 4.61. The van der Waals surface area contributed by atoms with Crippen LogP contribution < -0.4 is 5.32 Å². The van der Waals surface area contributed by atoms with Crippen LogP contribution in [0.2, 0.25) is 0 Å². The summed E-state index contributed by atoms with van der Waals surface area (Å²) in [5.74, 6) is 1.15. The van der Waals surface area contributed by atoms with Crippen molar-refractivity contribution >= 4 is 16.9 Å². The lowest BCUT2D eigenvalue weighted by Crippen LogP contribution is -2.41. The maximum absolute atomic E-state index is 4.61. The third-order valence-electron chi connectivity index (χ3n) is 2.51. The Balaban J connectivity index is 2.47. The second kappa shape index (κ2) is 4.36. The van der Waals surface area contributed by atoms with Gasteiger partial charge in [-0.15, -0.1) is 0 Å². The van der Waals surface area contributed by atoms with E-state index in [2.05, 4.69) is 38.0 Å². The van der Waals surface area contributed by atoms with Gasteiger partial charge in [-0.05, 0) is 26.7 Å². The van der Waals surface area contributed by atoms with Crippen molar-refractivity contribution in [3.05, 3.63) is 0 Å². The number of thioether (sulfide) groups is 1. The van der Waals surface area contributed by atoms with Gasteiger partial charge in [0, 0.05) is 11.3 Å². The van der Waals surface area contributed by atoms with Gasteiger partial charge in [0.1, 0.15) is 0 Å². The second-order valence-electron chi connectivity index (χ2n) is 4.17. The maximum atomic E-state index is 4.61. The van der Waals surface area contributed by atoms with E-state index in [0.29, 0.717) is 6.04 Å². The summed E-state index contributed by atoms with van der Waals surface area (Å²) < 4.78 is 0. The van der Waals surface area contributed by atoms with Gasteiger partial charge in [-0.1, -0.05) is 25.6 Å². The van der Waals surface area contributed by atoms with E-state index < -0.39 is 0 Å². The molecule has 0 aromatic carbocycles. The van der Waals surface area contributed by atoms with Crippen molar-refractivity contribution in [3.63, 3.8) is 0 Å². The molecule has 0 aliphatic carbocycles. The van der Waals surface area contributed by atoms with Gasteiger partial charge in [0.05, 0.1) is 6.04 Å². The molecule has 1 rings (SSSR count). The number of hydrogen-bond donors (Lipinski definition) is 1. The average molecular weight is 200 g/mol. The van der Waals surface area contributed by atoms with Crippen LogP contribution in [0.25, 0.3) is 0 Å². The summed E-state index contributed by atoms with van der Waals surface area (Å²) in [6.45, 7) is 8.83. The largest absolute Gasteiger partial charge is 0.360 e. The molecule has 3 heteroatoms. The lowest BCUT2D eigenvalue weighted by Gasteiger charge is -2.25. The first-order valence-electron chi connectivity index (χ1n) is 5.06. The molecule has 13 heavy (non-hydrogen) atoms. The molecule has 1 aliphatic heterocycles. The van der Waals surface area contributed by atoms with E-state index in [4.69, 9.17) is 0 Å². The van der Waals surface area contributed by atoms with Crippen LogP contribution in [-0.4, -0.2) is 22.5 Å². The Morgan fingerprint density at radius 2 is 2.23 bits per heavy atom. The second-order valence-corrected chi connectivity index (χ2v) is 5.18. The molecule has 2 nitrogen and oxygen atoms in total. The average Bonchev–Trinajstić information content (AvgIpc) is 2.52. The van der Waals surface area contributed by atoms with Gasteiger partial charge >= 0.3 is 0 Å². The first kappa shape index (κ1) is 10.9. The quantitative estimate of drug-likeness (QED) is 0.757. The zero-order valence-corrected chi connectivity index (χ0v) is 9.87. The highest BCUT2D eigenvalue weighted by atomic mass is 32.2. The highest BCUT2D eigenvalue weighted by Gasteiger charge is 2.22. The van der Waals surface area contributed by atoms with Crippen molar-refractivity contribution in [2.24, 2.45) is 4.99 Å². The predicted octanol–water partition coefficient (Wildman–Crippen LogP) is 2.65. The molecule has 0 radical (unpaired) electrons. The van der Waals surface area contributed by atoms with Crippen molar-refractivity contribution in [3.8, 4) is 0 Å². The molecule has 1 unspecified atom stereocenters. The number of amidine groups is 1. The summed E-state index contributed by atoms with van der Waals surface area (Å²) >= 11 is 1.86.